The van der Waals surface area contributed by atoms with E-state index in [1.807, 2.05) is 66.7 Å². The molecule has 0 aliphatic rings. The quantitative estimate of drug-likeness (QED) is 0.384. The summed E-state index contributed by atoms with van der Waals surface area (Å²) >= 11 is 3.37. The predicted octanol–water partition coefficient (Wildman–Crippen LogP) is 5.92. The Morgan fingerprint density at radius 2 is 1.56 bits per heavy atom. The number of hydrogen-bond donors (Lipinski definition) is 0. The first-order valence-corrected chi connectivity index (χ1v) is 8.75. The van der Waals surface area contributed by atoms with E-state index in [4.69, 9.17) is 4.74 Å². The van der Waals surface area contributed by atoms with Gasteiger partial charge in [-0.1, -0.05) is 64.5 Å². The van der Waals surface area contributed by atoms with E-state index in [0.29, 0.717) is 12.2 Å². The van der Waals surface area contributed by atoms with Gasteiger partial charge in [0.15, 0.2) is 5.78 Å². The number of halogens is 1. The molecule has 0 aromatic heterocycles. The molecule has 0 aliphatic carbocycles. The van der Waals surface area contributed by atoms with Crippen LogP contribution >= 0.6 is 15.9 Å². The molecule has 3 aromatic rings. The third kappa shape index (κ3) is 4.91. The summed E-state index contributed by atoms with van der Waals surface area (Å²) in [6.45, 7) is 0.492. The molecule has 2 nitrogen and oxygen atoms in total. The van der Waals surface area contributed by atoms with Crippen LogP contribution in [0.2, 0.25) is 0 Å². The van der Waals surface area contributed by atoms with Crippen LogP contribution in [0.25, 0.3) is 6.08 Å². The molecule has 3 rings (SSSR count). The Morgan fingerprint density at radius 1 is 0.880 bits per heavy atom. The third-order valence-electron chi connectivity index (χ3n) is 3.70. The summed E-state index contributed by atoms with van der Waals surface area (Å²) < 4.78 is 6.86. The molecule has 0 fully saturated rings. The lowest BCUT2D eigenvalue weighted by Gasteiger charge is -2.09. The molecule has 3 aromatic carbocycles. The van der Waals surface area contributed by atoms with Gasteiger partial charge in [0.1, 0.15) is 12.4 Å². The topological polar surface area (TPSA) is 26.3 Å². The van der Waals surface area contributed by atoms with Gasteiger partial charge in [-0.05, 0) is 48.0 Å². The zero-order valence-corrected chi connectivity index (χ0v) is 15.1. The monoisotopic (exact) mass is 392 g/mol. The van der Waals surface area contributed by atoms with Gasteiger partial charge in [0.25, 0.3) is 0 Å². The van der Waals surface area contributed by atoms with Gasteiger partial charge in [-0.3, -0.25) is 4.79 Å². The maximum absolute atomic E-state index is 12.3. The van der Waals surface area contributed by atoms with E-state index in [-0.39, 0.29) is 5.78 Å². The Balaban J connectivity index is 1.72. The first kappa shape index (κ1) is 17.2. The Labute approximate surface area is 155 Å². The first-order chi connectivity index (χ1) is 12.2. The van der Waals surface area contributed by atoms with Crippen molar-refractivity contribution in [3.05, 3.63) is 106 Å². The molecule has 0 aliphatic heterocycles. The zero-order valence-electron chi connectivity index (χ0n) is 13.6. The van der Waals surface area contributed by atoms with Gasteiger partial charge in [-0.15, -0.1) is 0 Å². The number of carbonyl (C=O) groups excluding carboxylic acids is 1. The molecule has 0 unspecified atom stereocenters. The molecule has 3 heteroatoms. The van der Waals surface area contributed by atoms with Crippen molar-refractivity contribution in [1.29, 1.82) is 0 Å². The van der Waals surface area contributed by atoms with Crippen molar-refractivity contribution in [1.82, 2.24) is 0 Å². The van der Waals surface area contributed by atoms with Crippen LogP contribution in [0.5, 0.6) is 5.75 Å². The molecular formula is C22H17BrO2. The fraction of sp³-hybridized carbons (Fsp3) is 0.0455. The lowest BCUT2D eigenvalue weighted by atomic mass is 10.1. The maximum atomic E-state index is 12.3. The van der Waals surface area contributed by atoms with E-state index in [1.54, 1.807) is 24.3 Å². The van der Waals surface area contributed by atoms with E-state index in [9.17, 15) is 4.79 Å². The molecule has 0 atom stereocenters. The van der Waals surface area contributed by atoms with Gasteiger partial charge in [-0.25, -0.2) is 0 Å². The van der Waals surface area contributed by atoms with Gasteiger partial charge in [0.2, 0.25) is 0 Å². The average molecular weight is 393 g/mol. The van der Waals surface area contributed by atoms with Crippen LogP contribution in [0.4, 0.5) is 0 Å². The Bertz CT molecular complexity index is 868. The van der Waals surface area contributed by atoms with Crippen molar-refractivity contribution in [3.63, 3.8) is 0 Å². The Kier molecular flexibility index (Phi) is 5.81. The van der Waals surface area contributed by atoms with Crippen LogP contribution in [0.1, 0.15) is 21.5 Å². The van der Waals surface area contributed by atoms with Crippen molar-refractivity contribution < 1.29 is 9.53 Å². The minimum absolute atomic E-state index is 0.0367. The van der Waals surface area contributed by atoms with E-state index in [0.717, 1.165) is 21.3 Å². The SMILES string of the molecule is O=C(C=Cc1ccccc1OCc1ccccc1)c1ccc(Br)cc1. The number of hydrogen-bond acceptors (Lipinski definition) is 2. The van der Waals surface area contributed by atoms with Crippen molar-refractivity contribution in [2.75, 3.05) is 0 Å². The average Bonchev–Trinajstić information content (AvgIpc) is 2.66. The Hall–Kier alpha value is -2.65. The summed E-state index contributed by atoms with van der Waals surface area (Å²) in [7, 11) is 0. The number of para-hydroxylation sites is 1. The van der Waals surface area contributed by atoms with Crippen molar-refractivity contribution in [2.45, 2.75) is 6.61 Å². The minimum Gasteiger partial charge on any atom is -0.488 e. The van der Waals surface area contributed by atoms with Crippen molar-refractivity contribution in [2.24, 2.45) is 0 Å². The van der Waals surface area contributed by atoms with E-state index in [2.05, 4.69) is 15.9 Å². The number of rotatable bonds is 6. The summed E-state index contributed by atoms with van der Waals surface area (Å²) in [4.78, 5) is 12.3. The summed E-state index contributed by atoms with van der Waals surface area (Å²) in [6.07, 6.45) is 3.37. The van der Waals surface area contributed by atoms with E-state index in [1.165, 1.54) is 0 Å². The molecule has 0 spiro atoms. The molecule has 0 heterocycles. The number of carbonyl (C=O) groups is 1. The fourth-order valence-corrected chi connectivity index (χ4v) is 2.63. The largest absolute Gasteiger partial charge is 0.488 e. The van der Waals surface area contributed by atoms with E-state index < -0.39 is 0 Å². The molecule has 0 saturated carbocycles. The molecular weight excluding hydrogens is 376 g/mol. The normalized spacial score (nSPS) is 10.8. The summed E-state index contributed by atoms with van der Waals surface area (Å²) in [6, 6.07) is 25.0. The predicted molar refractivity (Wildman–Crippen MR) is 105 cm³/mol. The van der Waals surface area contributed by atoms with Crippen LogP contribution in [0.3, 0.4) is 0 Å². The highest BCUT2D eigenvalue weighted by Crippen LogP contribution is 2.21. The number of benzene rings is 3. The van der Waals surface area contributed by atoms with Gasteiger partial charge in [0.05, 0.1) is 0 Å². The van der Waals surface area contributed by atoms with Gasteiger partial charge in [-0.2, -0.15) is 0 Å². The molecule has 0 radical (unpaired) electrons. The summed E-state index contributed by atoms with van der Waals surface area (Å²) in [5.41, 5.74) is 2.64. The number of ether oxygens (including phenoxy) is 1. The number of ketones is 1. The van der Waals surface area contributed by atoms with Crippen LogP contribution in [-0.2, 0) is 6.61 Å². The van der Waals surface area contributed by atoms with Gasteiger partial charge in [0, 0.05) is 15.6 Å². The summed E-state index contributed by atoms with van der Waals surface area (Å²) in [5, 5.41) is 0. The lowest BCUT2D eigenvalue weighted by Crippen LogP contribution is -1.97. The first-order valence-electron chi connectivity index (χ1n) is 7.96. The smallest absolute Gasteiger partial charge is 0.185 e. The molecule has 124 valence electrons. The van der Waals surface area contributed by atoms with Gasteiger partial charge >= 0.3 is 0 Å². The molecule has 0 N–H and O–H groups in total. The summed E-state index contributed by atoms with van der Waals surface area (Å²) in [5.74, 6) is 0.719. The maximum Gasteiger partial charge on any atom is 0.185 e. The Morgan fingerprint density at radius 3 is 2.32 bits per heavy atom. The zero-order chi connectivity index (χ0) is 17.5. The van der Waals surface area contributed by atoms with Crippen LogP contribution < -0.4 is 4.74 Å². The molecule has 0 saturated heterocycles. The van der Waals surface area contributed by atoms with Gasteiger partial charge < -0.3 is 4.74 Å². The molecule has 0 amide bonds. The van der Waals surface area contributed by atoms with Crippen molar-refractivity contribution >= 4 is 27.8 Å². The van der Waals surface area contributed by atoms with Crippen molar-refractivity contribution in [3.8, 4) is 5.75 Å². The van der Waals surface area contributed by atoms with Crippen LogP contribution in [0, 0.1) is 0 Å². The second kappa shape index (κ2) is 8.45. The lowest BCUT2D eigenvalue weighted by molar-refractivity contribution is 0.104. The second-order valence-corrected chi connectivity index (χ2v) is 6.43. The highest BCUT2D eigenvalue weighted by Gasteiger charge is 2.04. The molecule has 25 heavy (non-hydrogen) atoms. The standard InChI is InChI=1S/C22H17BrO2/c23-20-13-10-18(11-14-20)21(24)15-12-19-8-4-5-9-22(19)25-16-17-6-2-1-3-7-17/h1-15H,16H2. The third-order valence-corrected chi connectivity index (χ3v) is 4.23. The number of allylic oxidation sites excluding steroid dienone is 1. The fourth-order valence-electron chi connectivity index (χ4n) is 2.36. The van der Waals surface area contributed by atoms with Crippen LogP contribution in [-0.4, -0.2) is 5.78 Å². The highest BCUT2D eigenvalue weighted by molar-refractivity contribution is 9.10. The minimum atomic E-state index is -0.0367. The van der Waals surface area contributed by atoms with Crippen LogP contribution in [0.15, 0.2) is 89.4 Å². The second-order valence-electron chi connectivity index (χ2n) is 5.52. The highest BCUT2D eigenvalue weighted by atomic mass is 79.9. The molecule has 0 bridgehead atoms. The van der Waals surface area contributed by atoms with E-state index >= 15 is 0 Å².